The minimum atomic E-state index is -3.51. The summed E-state index contributed by atoms with van der Waals surface area (Å²) in [6, 6.07) is 13.1. The monoisotopic (exact) mass is 460 g/mol. The van der Waals surface area contributed by atoms with Crippen LogP contribution in [0.1, 0.15) is 38.1 Å². The molecule has 0 radical (unpaired) electrons. The molecule has 0 aliphatic rings. The van der Waals surface area contributed by atoms with Gasteiger partial charge in [-0.1, -0.05) is 13.8 Å². The van der Waals surface area contributed by atoms with Crippen molar-refractivity contribution in [3.05, 3.63) is 54.1 Å². The standard InChI is InChI=1S/C23H32N4O4S/c1-5-26(6-2)23(29)18-9-11-20(12-10-18)25-22(28)17-24-19-13-15-21(16-14-19)32(30,31)27(7-3)8-4/h9-16,24H,5-8,17H2,1-4H3,(H,25,28). The van der Waals surface area contributed by atoms with Gasteiger partial charge in [0.25, 0.3) is 5.91 Å². The lowest BCUT2D eigenvalue weighted by Gasteiger charge is -2.18. The normalized spacial score (nSPS) is 11.3. The number of carbonyl (C=O) groups excluding carboxylic acids is 2. The lowest BCUT2D eigenvalue weighted by atomic mass is 10.1. The van der Waals surface area contributed by atoms with Crippen LogP contribution in [0.25, 0.3) is 0 Å². The van der Waals surface area contributed by atoms with Gasteiger partial charge in [-0.25, -0.2) is 8.42 Å². The summed E-state index contributed by atoms with van der Waals surface area (Å²) < 4.78 is 26.5. The van der Waals surface area contributed by atoms with Gasteiger partial charge in [0.1, 0.15) is 0 Å². The van der Waals surface area contributed by atoms with Gasteiger partial charge in [0.15, 0.2) is 0 Å². The van der Waals surface area contributed by atoms with Gasteiger partial charge in [0.2, 0.25) is 15.9 Å². The lowest BCUT2D eigenvalue weighted by molar-refractivity contribution is -0.114. The first-order chi connectivity index (χ1) is 15.3. The molecule has 0 saturated carbocycles. The molecule has 0 saturated heterocycles. The summed E-state index contributed by atoms with van der Waals surface area (Å²) in [5, 5.41) is 5.75. The zero-order valence-corrected chi connectivity index (χ0v) is 19.9. The largest absolute Gasteiger partial charge is 0.376 e. The van der Waals surface area contributed by atoms with E-state index < -0.39 is 10.0 Å². The molecule has 0 aliphatic carbocycles. The van der Waals surface area contributed by atoms with E-state index in [1.807, 2.05) is 13.8 Å². The molecule has 0 spiro atoms. The molecule has 0 bridgehead atoms. The SMILES string of the molecule is CCN(CC)C(=O)c1ccc(NC(=O)CNc2ccc(S(=O)(=O)N(CC)CC)cc2)cc1. The van der Waals surface area contributed by atoms with Crippen LogP contribution in [-0.4, -0.2) is 62.2 Å². The number of sulfonamides is 1. The van der Waals surface area contributed by atoms with E-state index in [0.717, 1.165) is 0 Å². The maximum Gasteiger partial charge on any atom is 0.253 e. The molecule has 32 heavy (non-hydrogen) atoms. The fourth-order valence-corrected chi connectivity index (χ4v) is 4.69. The van der Waals surface area contributed by atoms with Crippen molar-refractivity contribution in [2.24, 2.45) is 0 Å². The molecule has 8 nitrogen and oxygen atoms in total. The second kappa shape index (κ2) is 11.6. The second-order valence-electron chi connectivity index (χ2n) is 7.07. The first-order valence-electron chi connectivity index (χ1n) is 10.8. The second-order valence-corrected chi connectivity index (χ2v) is 9.01. The number of anilines is 2. The maximum absolute atomic E-state index is 12.5. The number of amides is 2. The molecule has 2 aromatic carbocycles. The van der Waals surface area contributed by atoms with Gasteiger partial charge in [0, 0.05) is 43.1 Å². The van der Waals surface area contributed by atoms with Gasteiger partial charge in [-0.2, -0.15) is 4.31 Å². The zero-order valence-electron chi connectivity index (χ0n) is 19.1. The van der Waals surface area contributed by atoms with Crippen LogP contribution in [0, 0.1) is 0 Å². The molecule has 9 heteroatoms. The molecular formula is C23H32N4O4S. The molecule has 0 aromatic heterocycles. The number of hydrogen-bond acceptors (Lipinski definition) is 5. The first kappa shape index (κ1) is 25.4. The molecule has 2 amide bonds. The van der Waals surface area contributed by atoms with Crippen molar-refractivity contribution in [2.75, 3.05) is 43.4 Å². The van der Waals surface area contributed by atoms with Crippen molar-refractivity contribution >= 4 is 33.2 Å². The van der Waals surface area contributed by atoms with Gasteiger partial charge in [0.05, 0.1) is 11.4 Å². The van der Waals surface area contributed by atoms with E-state index in [1.54, 1.807) is 55.1 Å². The van der Waals surface area contributed by atoms with E-state index in [-0.39, 0.29) is 23.3 Å². The molecule has 0 aliphatic heterocycles. The van der Waals surface area contributed by atoms with Gasteiger partial charge >= 0.3 is 0 Å². The van der Waals surface area contributed by atoms with E-state index in [4.69, 9.17) is 0 Å². The van der Waals surface area contributed by atoms with Gasteiger partial charge < -0.3 is 15.5 Å². The fourth-order valence-electron chi connectivity index (χ4n) is 3.23. The molecular weight excluding hydrogens is 428 g/mol. The minimum absolute atomic E-state index is 0.0161. The van der Waals surface area contributed by atoms with E-state index in [2.05, 4.69) is 10.6 Å². The van der Waals surface area contributed by atoms with Crippen molar-refractivity contribution in [1.29, 1.82) is 0 Å². The van der Waals surface area contributed by atoms with Crippen LogP contribution in [0.4, 0.5) is 11.4 Å². The average molecular weight is 461 g/mol. The van der Waals surface area contributed by atoms with E-state index in [0.29, 0.717) is 43.1 Å². The van der Waals surface area contributed by atoms with Crippen molar-refractivity contribution in [1.82, 2.24) is 9.21 Å². The number of rotatable bonds is 11. The van der Waals surface area contributed by atoms with Gasteiger partial charge in [-0.3, -0.25) is 9.59 Å². The third-order valence-corrected chi connectivity index (χ3v) is 7.18. The zero-order chi connectivity index (χ0) is 23.7. The van der Waals surface area contributed by atoms with E-state index >= 15 is 0 Å². The summed E-state index contributed by atoms with van der Waals surface area (Å²) in [7, 11) is -3.51. The highest BCUT2D eigenvalue weighted by molar-refractivity contribution is 7.89. The predicted octanol–water partition coefficient (Wildman–Crippen LogP) is 3.25. The summed E-state index contributed by atoms with van der Waals surface area (Å²) in [5.74, 6) is -0.298. The topological polar surface area (TPSA) is 98.8 Å². The number of nitrogens with zero attached hydrogens (tertiary/aromatic N) is 2. The molecule has 0 fully saturated rings. The summed E-state index contributed by atoms with van der Waals surface area (Å²) in [6.07, 6.45) is 0. The third-order valence-electron chi connectivity index (χ3n) is 5.12. The van der Waals surface area contributed by atoms with Crippen molar-refractivity contribution in [3.8, 4) is 0 Å². The molecule has 2 aromatic rings. The smallest absolute Gasteiger partial charge is 0.253 e. The Morgan fingerprint density at radius 3 is 1.81 bits per heavy atom. The van der Waals surface area contributed by atoms with Crippen molar-refractivity contribution < 1.29 is 18.0 Å². The average Bonchev–Trinajstić information content (AvgIpc) is 2.80. The third kappa shape index (κ3) is 6.30. The Morgan fingerprint density at radius 2 is 1.31 bits per heavy atom. The Balaban J connectivity index is 1.92. The van der Waals surface area contributed by atoms with Crippen LogP contribution in [0.2, 0.25) is 0 Å². The number of carbonyl (C=O) groups is 2. The number of benzene rings is 2. The van der Waals surface area contributed by atoms with Gasteiger partial charge in [-0.05, 0) is 62.4 Å². The van der Waals surface area contributed by atoms with Gasteiger partial charge in [-0.15, -0.1) is 0 Å². The summed E-state index contributed by atoms with van der Waals surface area (Å²) in [4.78, 5) is 26.5. The number of hydrogen-bond donors (Lipinski definition) is 2. The minimum Gasteiger partial charge on any atom is -0.376 e. The molecule has 0 heterocycles. The summed E-state index contributed by atoms with van der Waals surface area (Å²) in [5.41, 5.74) is 1.80. The fraction of sp³-hybridized carbons (Fsp3) is 0.391. The Kier molecular flexibility index (Phi) is 9.22. The van der Waals surface area contributed by atoms with E-state index in [1.165, 1.54) is 16.4 Å². The van der Waals surface area contributed by atoms with Crippen LogP contribution < -0.4 is 10.6 Å². The Morgan fingerprint density at radius 1 is 0.781 bits per heavy atom. The highest BCUT2D eigenvalue weighted by Gasteiger charge is 2.21. The lowest BCUT2D eigenvalue weighted by Crippen LogP contribution is -2.30. The van der Waals surface area contributed by atoms with Crippen LogP contribution >= 0.6 is 0 Å². The molecule has 174 valence electrons. The predicted molar refractivity (Wildman–Crippen MR) is 127 cm³/mol. The summed E-state index contributed by atoms with van der Waals surface area (Å²) >= 11 is 0. The first-order valence-corrected chi connectivity index (χ1v) is 12.2. The Bertz CT molecular complexity index is 997. The Hall–Kier alpha value is -2.91. The molecule has 2 rings (SSSR count). The summed E-state index contributed by atoms with van der Waals surface area (Å²) in [6.45, 7) is 9.57. The highest BCUT2D eigenvalue weighted by Crippen LogP contribution is 2.18. The molecule has 0 unspecified atom stereocenters. The van der Waals surface area contributed by atoms with E-state index in [9.17, 15) is 18.0 Å². The maximum atomic E-state index is 12.5. The van der Waals surface area contributed by atoms with Crippen LogP contribution in [0.3, 0.4) is 0 Å². The van der Waals surface area contributed by atoms with Crippen LogP contribution in [-0.2, 0) is 14.8 Å². The van der Waals surface area contributed by atoms with Crippen molar-refractivity contribution in [3.63, 3.8) is 0 Å². The highest BCUT2D eigenvalue weighted by atomic mass is 32.2. The quantitative estimate of drug-likeness (QED) is 0.536. The number of nitrogens with one attached hydrogen (secondary N) is 2. The molecule has 2 N–H and O–H groups in total. The Labute approximate surface area is 190 Å². The van der Waals surface area contributed by atoms with Crippen LogP contribution in [0.5, 0.6) is 0 Å². The van der Waals surface area contributed by atoms with Crippen LogP contribution in [0.15, 0.2) is 53.4 Å². The van der Waals surface area contributed by atoms with Crippen molar-refractivity contribution in [2.45, 2.75) is 32.6 Å². The molecule has 0 atom stereocenters.